The number of halogens is 1. The van der Waals surface area contributed by atoms with Crippen LogP contribution in [0, 0.1) is 5.92 Å². The van der Waals surface area contributed by atoms with E-state index in [0.29, 0.717) is 17.3 Å². The molecule has 2 heterocycles. The molecule has 0 unspecified atom stereocenters. The predicted octanol–water partition coefficient (Wildman–Crippen LogP) is 3.81. The predicted molar refractivity (Wildman–Crippen MR) is 106 cm³/mol. The van der Waals surface area contributed by atoms with Crippen molar-refractivity contribution in [3.8, 4) is 0 Å². The zero-order valence-electron chi connectivity index (χ0n) is 15.0. The van der Waals surface area contributed by atoms with E-state index >= 15 is 0 Å². The molecular formula is C21H26ClN3O. The number of pyridine rings is 1. The topological polar surface area (TPSA) is 45.2 Å². The molecule has 3 rings (SSSR count). The number of hydrogen-bond acceptors (Lipinski definition) is 3. The summed E-state index contributed by atoms with van der Waals surface area (Å²) in [5, 5.41) is 3.36. The highest BCUT2D eigenvalue weighted by Gasteiger charge is 2.19. The van der Waals surface area contributed by atoms with Gasteiger partial charge >= 0.3 is 0 Å². The Balaban J connectivity index is 1.31. The first-order chi connectivity index (χ1) is 12.7. The zero-order chi connectivity index (χ0) is 18.2. The quantitative estimate of drug-likeness (QED) is 0.753. The number of nitrogens with one attached hydrogen (secondary N) is 1. The number of piperidine rings is 1. The summed E-state index contributed by atoms with van der Waals surface area (Å²) in [4.78, 5) is 18.4. The standard InChI is InChI=1S/C21H26ClN3O/c22-20-9-8-19(16-24-20)21(26)23-12-15-25-13-10-18(11-14-25)7-6-17-4-2-1-3-5-17/h1-5,8-9,16,18H,6-7,10-15H2,(H,23,26). The Hall–Kier alpha value is -1.91. The number of rotatable bonds is 7. The lowest BCUT2D eigenvalue weighted by Gasteiger charge is -2.32. The van der Waals surface area contributed by atoms with Crippen LogP contribution in [0.25, 0.3) is 0 Å². The molecule has 4 nitrogen and oxygen atoms in total. The smallest absolute Gasteiger partial charge is 0.252 e. The van der Waals surface area contributed by atoms with Gasteiger partial charge in [-0.3, -0.25) is 4.79 Å². The van der Waals surface area contributed by atoms with Crippen LogP contribution in [-0.4, -0.2) is 42.0 Å². The van der Waals surface area contributed by atoms with Crippen LogP contribution in [0.15, 0.2) is 48.7 Å². The van der Waals surface area contributed by atoms with Crippen molar-refractivity contribution in [2.45, 2.75) is 25.7 Å². The molecule has 1 amide bonds. The average molecular weight is 372 g/mol. The van der Waals surface area contributed by atoms with Gasteiger partial charge in [-0.05, 0) is 62.4 Å². The van der Waals surface area contributed by atoms with Crippen molar-refractivity contribution in [3.05, 3.63) is 64.9 Å². The summed E-state index contributed by atoms with van der Waals surface area (Å²) in [6.45, 7) is 3.81. The number of hydrogen-bond donors (Lipinski definition) is 1. The molecule has 1 aliphatic rings. The van der Waals surface area contributed by atoms with Crippen molar-refractivity contribution < 1.29 is 4.79 Å². The lowest BCUT2D eigenvalue weighted by atomic mass is 9.90. The van der Waals surface area contributed by atoms with Gasteiger partial charge in [0.2, 0.25) is 0 Å². The van der Waals surface area contributed by atoms with Crippen molar-refractivity contribution >= 4 is 17.5 Å². The molecule has 26 heavy (non-hydrogen) atoms. The second kappa shape index (κ2) is 9.70. The molecule has 1 N–H and O–H groups in total. The first kappa shape index (κ1) is 18.9. The van der Waals surface area contributed by atoms with Gasteiger partial charge in [-0.2, -0.15) is 0 Å². The summed E-state index contributed by atoms with van der Waals surface area (Å²) < 4.78 is 0. The van der Waals surface area contributed by atoms with Crippen LogP contribution < -0.4 is 5.32 Å². The highest BCUT2D eigenvalue weighted by atomic mass is 35.5. The van der Waals surface area contributed by atoms with Gasteiger partial charge in [-0.1, -0.05) is 41.9 Å². The van der Waals surface area contributed by atoms with Crippen LogP contribution in [-0.2, 0) is 6.42 Å². The van der Waals surface area contributed by atoms with E-state index in [1.807, 2.05) is 0 Å². The molecule has 1 aliphatic heterocycles. The van der Waals surface area contributed by atoms with E-state index in [9.17, 15) is 4.79 Å². The van der Waals surface area contributed by atoms with Gasteiger partial charge in [-0.25, -0.2) is 4.98 Å². The van der Waals surface area contributed by atoms with Crippen molar-refractivity contribution in [2.24, 2.45) is 5.92 Å². The minimum atomic E-state index is -0.0908. The lowest BCUT2D eigenvalue weighted by Crippen LogP contribution is -2.39. The minimum absolute atomic E-state index is 0.0908. The molecule has 0 spiro atoms. The maximum Gasteiger partial charge on any atom is 0.252 e. The van der Waals surface area contributed by atoms with Gasteiger partial charge in [0.1, 0.15) is 5.15 Å². The summed E-state index contributed by atoms with van der Waals surface area (Å²) in [5.41, 5.74) is 1.99. The second-order valence-electron chi connectivity index (χ2n) is 6.93. The van der Waals surface area contributed by atoms with Gasteiger partial charge < -0.3 is 10.2 Å². The normalized spacial score (nSPS) is 15.7. The second-order valence-corrected chi connectivity index (χ2v) is 7.32. The third kappa shape index (κ3) is 5.82. The molecule has 0 radical (unpaired) electrons. The van der Waals surface area contributed by atoms with Crippen LogP contribution >= 0.6 is 11.6 Å². The lowest BCUT2D eigenvalue weighted by molar-refractivity contribution is 0.0943. The number of likely N-dealkylation sites (tertiary alicyclic amines) is 1. The van der Waals surface area contributed by atoms with E-state index in [-0.39, 0.29) is 5.91 Å². The van der Waals surface area contributed by atoms with Crippen molar-refractivity contribution in [3.63, 3.8) is 0 Å². The third-order valence-corrected chi connectivity index (χ3v) is 5.32. The molecule has 138 valence electrons. The molecule has 1 aromatic heterocycles. The summed E-state index contributed by atoms with van der Waals surface area (Å²) in [7, 11) is 0. The highest BCUT2D eigenvalue weighted by Crippen LogP contribution is 2.22. The monoisotopic (exact) mass is 371 g/mol. The summed E-state index contributed by atoms with van der Waals surface area (Å²) in [6, 6.07) is 14.1. The SMILES string of the molecule is O=C(NCCN1CCC(CCc2ccccc2)CC1)c1ccc(Cl)nc1. The molecule has 0 atom stereocenters. The fourth-order valence-electron chi connectivity index (χ4n) is 3.45. The Kier molecular flexibility index (Phi) is 7.04. The average Bonchev–Trinajstić information content (AvgIpc) is 2.68. The van der Waals surface area contributed by atoms with E-state index in [2.05, 4.69) is 45.5 Å². The van der Waals surface area contributed by atoms with Crippen LogP contribution in [0.1, 0.15) is 35.2 Å². The Morgan fingerprint density at radius 3 is 2.62 bits per heavy atom. The Bertz CT molecular complexity index is 682. The molecule has 1 aromatic carbocycles. The molecule has 1 saturated heterocycles. The highest BCUT2D eigenvalue weighted by molar-refractivity contribution is 6.29. The van der Waals surface area contributed by atoms with Crippen LogP contribution in [0.2, 0.25) is 5.15 Å². The van der Waals surface area contributed by atoms with Gasteiger partial charge in [0.25, 0.3) is 5.91 Å². The number of carbonyl (C=O) groups is 1. The van der Waals surface area contributed by atoms with Crippen LogP contribution in [0.5, 0.6) is 0 Å². The van der Waals surface area contributed by atoms with Crippen molar-refractivity contribution in [1.29, 1.82) is 0 Å². The van der Waals surface area contributed by atoms with Gasteiger partial charge in [-0.15, -0.1) is 0 Å². The van der Waals surface area contributed by atoms with Gasteiger partial charge in [0.05, 0.1) is 5.56 Å². The van der Waals surface area contributed by atoms with E-state index < -0.39 is 0 Å². The summed E-state index contributed by atoms with van der Waals surface area (Å²) >= 11 is 5.74. The van der Waals surface area contributed by atoms with Gasteiger partial charge in [0.15, 0.2) is 0 Å². The maximum absolute atomic E-state index is 12.1. The molecule has 0 bridgehead atoms. The Labute approximate surface area is 160 Å². The third-order valence-electron chi connectivity index (χ3n) is 5.09. The van der Waals surface area contributed by atoms with Crippen LogP contribution in [0.4, 0.5) is 0 Å². The number of benzene rings is 1. The fourth-order valence-corrected chi connectivity index (χ4v) is 3.57. The first-order valence-corrected chi connectivity index (χ1v) is 9.74. The largest absolute Gasteiger partial charge is 0.351 e. The van der Waals surface area contributed by atoms with E-state index in [1.165, 1.54) is 37.4 Å². The molecule has 2 aromatic rings. The number of aromatic nitrogens is 1. The molecule has 5 heteroatoms. The van der Waals surface area contributed by atoms with Crippen LogP contribution in [0.3, 0.4) is 0 Å². The number of nitrogens with zero attached hydrogens (tertiary/aromatic N) is 2. The van der Waals surface area contributed by atoms with Gasteiger partial charge in [0, 0.05) is 19.3 Å². The zero-order valence-corrected chi connectivity index (χ0v) is 15.8. The summed E-state index contributed by atoms with van der Waals surface area (Å²) in [5.74, 6) is 0.730. The molecule has 0 saturated carbocycles. The Morgan fingerprint density at radius 2 is 1.92 bits per heavy atom. The Morgan fingerprint density at radius 1 is 1.15 bits per heavy atom. The fraction of sp³-hybridized carbons (Fsp3) is 0.429. The summed E-state index contributed by atoms with van der Waals surface area (Å²) in [6.07, 6.45) is 6.47. The molecular weight excluding hydrogens is 346 g/mol. The first-order valence-electron chi connectivity index (χ1n) is 9.37. The van der Waals surface area contributed by atoms with Crippen molar-refractivity contribution in [1.82, 2.24) is 15.2 Å². The maximum atomic E-state index is 12.1. The van der Waals surface area contributed by atoms with E-state index in [4.69, 9.17) is 11.6 Å². The molecule has 0 aliphatic carbocycles. The molecule has 1 fully saturated rings. The van der Waals surface area contributed by atoms with E-state index in [1.54, 1.807) is 12.1 Å². The van der Waals surface area contributed by atoms with E-state index in [0.717, 1.165) is 25.6 Å². The number of aryl methyl sites for hydroxylation is 1. The van der Waals surface area contributed by atoms with Crippen molar-refractivity contribution in [2.75, 3.05) is 26.2 Å². The minimum Gasteiger partial charge on any atom is -0.351 e. The number of amides is 1. The number of carbonyl (C=O) groups excluding carboxylic acids is 1.